The van der Waals surface area contributed by atoms with Gasteiger partial charge < -0.3 is 5.32 Å². The maximum atomic E-state index is 13.9. The summed E-state index contributed by atoms with van der Waals surface area (Å²) in [6.07, 6.45) is 1.52. The van der Waals surface area contributed by atoms with Crippen LogP contribution in [0.15, 0.2) is 48.7 Å². The molecule has 0 saturated carbocycles. The molecule has 0 aliphatic rings. The van der Waals surface area contributed by atoms with Crippen LogP contribution in [0.2, 0.25) is 15.1 Å². The number of halogens is 4. The van der Waals surface area contributed by atoms with Crippen LogP contribution in [0.4, 0.5) is 10.2 Å². The topological polar surface area (TPSA) is 46.9 Å². The zero-order valence-electron chi connectivity index (χ0n) is 12.6. The second kappa shape index (κ2) is 7.44. The van der Waals surface area contributed by atoms with Crippen molar-refractivity contribution in [1.29, 1.82) is 0 Å². The normalized spacial score (nSPS) is 10.7. The SMILES string of the molecule is O=C(Nc1ccnn1Cc1ccc(Cl)cc1Cl)c1c(F)cccc1Cl. The molecular weight excluding hydrogens is 388 g/mol. The molecule has 0 aliphatic carbocycles. The lowest BCUT2D eigenvalue weighted by atomic mass is 10.2. The summed E-state index contributed by atoms with van der Waals surface area (Å²) < 4.78 is 15.4. The molecule has 1 heterocycles. The minimum Gasteiger partial charge on any atom is -0.307 e. The number of carbonyl (C=O) groups excluding carboxylic acids is 1. The number of nitrogens with zero attached hydrogens (tertiary/aromatic N) is 2. The van der Waals surface area contributed by atoms with Crippen molar-refractivity contribution in [3.63, 3.8) is 0 Å². The van der Waals surface area contributed by atoms with Gasteiger partial charge in [-0.2, -0.15) is 5.10 Å². The van der Waals surface area contributed by atoms with E-state index in [0.717, 1.165) is 5.56 Å². The summed E-state index contributed by atoms with van der Waals surface area (Å²) >= 11 is 18.0. The summed E-state index contributed by atoms with van der Waals surface area (Å²) in [5, 5.41) is 7.80. The number of hydrogen-bond donors (Lipinski definition) is 1. The molecule has 0 aliphatic heterocycles. The molecule has 0 fully saturated rings. The summed E-state index contributed by atoms with van der Waals surface area (Å²) in [5.41, 5.74) is 0.552. The number of benzene rings is 2. The number of anilines is 1. The maximum Gasteiger partial charge on any atom is 0.261 e. The van der Waals surface area contributed by atoms with Crippen LogP contribution in [-0.2, 0) is 6.54 Å². The van der Waals surface area contributed by atoms with Gasteiger partial charge in [-0.3, -0.25) is 4.79 Å². The zero-order chi connectivity index (χ0) is 18.0. The molecule has 0 bridgehead atoms. The van der Waals surface area contributed by atoms with Crippen molar-refractivity contribution in [2.45, 2.75) is 6.54 Å². The van der Waals surface area contributed by atoms with E-state index >= 15 is 0 Å². The Kier molecular flexibility index (Phi) is 5.27. The molecule has 128 valence electrons. The second-order valence-corrected chi connectivity index (χ2v) is 6.41. The fraction of sp³-hybridized carbons (Fsp3) is 0.0588. The average Bonchev–Trinajstić information content (AvgIpc) is 2.97. The first-order chi connectivity index (χ1) is 12.0. The van der Waals surface area contributed by atoms with Crippen molar-refractivity contribution in [3.8, 4) is 0 Å². The lowest BCUT2D eigenvalue weighted by Gasteiger charge is -2.11. The van der Waals surface area contributed by atoms with Crippen LogP contribution in [-0.4, -0.2) is 15.7 Å². The monoisotopic (exact) mass is 397 g/mol. The molecule has 4 nitrogen and oxygen atoms in total. The van der Waals surface area contributed by atoms with Gasteiger partial charge in [0.1, 0.15) is 11.6 Å². The lowest BCUT2D eigenvalue weighted by molar-refractivity contribution is 0.102. The maximum absolute atomic E-state index is 13.9. The Bertz CT molecular complexity index is 922. The first-order valence-electron chi connectivity index (χ1n) is 7.17. The van der Waals surface area contributed by atoms with Gasteiger partial charge in [-0.05, 0) is 29.8 Å². The summed E-state index contributed by atoms with van der Waals surface area (Å²) in [4.78, 5) is 12.3. The van der Waals surface area contributed by atoms with E-state index in [1.807, 2.05) is 0 Å². The molecular formula is C17H11Cl3FN3O. The molecule has 0 unspecified atom stereocenters. The van der Waals surface area contributed by atoms with Gasteiger partial charge >= 0.3 is 0 Å². The van der Waals surface area contributed by atoms with E-state index in [1.165, 1.54) is 29.1 Å². The van der Waals surface area contributed by atoms with Crippen molar-refractivity contribution >= 4 is 46.5 Å². The van der Waals surface area contributed by atoms with Gasteiger partial charge in [0.2, 0.25) is 0 Å². The molecule has 0 radical (unpaired) electrons. The molecule has 8 heteroatoms. The highest BCUT2D eigenvalue weighted by Crippen LogP contribution is 2.24. The van der Waals surface area contributed by atoms with Crippen molar-refractivity contribution in [3.05, 3.63) is 80.7 Å². The largest absolute Gasteiger partial charge is 0.307 e. The first kappa shape index (κ1) is 17.7. The smallest absolute Gasteiger partial charge is 0.261 e. The molecule has 1 aromatic heterocycles. The minimum absolute atomic E-state index is 0.0318. The quantitative estimate of drug-likeness (QED) is 0.649. The van der Waals surface area contributed by atoms with Gasteiger partial charge in [0.25, 0.3) is 5.91 Å². The van der Waals surface area contributed by atoms with Crippen LogP contribution in [0.5, 0.6) is 0 Å². The van der Waals surface area contributed by atoms with Gasteiger partial charge in [-0.15, -0.1) is 0 Å². The molecule has 0 atom stereocenters. The Morgan fingerprint density at radius 1 is 1.12 bits per heavy atom. The van der Waals surface area contributed by atoms with Crippen molar-refractivity contribution in [2.75, 3.05) is 5.32 Å². The van der Waals surface area contributed by atoms with Gasteiger partial charge in [0.15, 0.2) is 0 Å². The Morgan fingerprint density at radius 2 is 1.92 bits per heavy atom. The summed E-state index contributed by atoms with van der Waals surface area (Å²) in [6, 6.07) is 10.8. The summed E-state index contributed by atoms with van der Waals surface area (Å²) in [6.45, 7) is 0.309. The van der Waals surface area contributed by atoms with Crippen LogP contribution in [0, 0.1) is 5.82 Å². The number of amides is 1. The number of rotatable bonds is 4. The molecule has 3 aromatic rings. The predicted octanol–water partition coefficient (Wildman–Crippen LogP) is 5.28. The summed E-state index contributed by atoms with van der Waals surface area (Å²) in [5.74, 6) is -0.973. The van der Waals surface area contributed by atoms with Crippen LogP contribution in [0.3, 0.4) is 0 Å². The summed E-state index contributed by atoms with van der Waals surface area (Å²) in [7, 11) is 0. The van der Waals surface area contributed by atoms with Crippen molar-refractivity contribution < 1.29 is 9.18 Å². The third kappa shape index (κ3) is 3.95. The van der Waals surface area contributed by atoms with E-state index in [-0.39, 0.29) is 10.6 Å². The highest BCUT2D eigenvalue weighted by Gasteiger charge is 2.17. The number of carbonyl (C=O) groups is 1. The van der Waals surface area contributed by atoms with E-state index in [4.69, 9.17) is 34.8 Å². The molecule has 1 amide bonds. The van der Waals surface area contributed by atoms with Crippen LogP contribution < -0.4 is 5.32 Å². The Balaban J connectivity index is 1.83. The van der Waals surface area contributed by atoms with E-state index in [1.54, 1.807) is 24.3 Å². The first-order valence-corrected chi connectivity index (χ1v) is 8.30. The third-order valence-electron chi connectivity index (χ3n) is 3.48. The Hall–Kier alpha value is -2.08. The third-order valence-corrected chi connectivity index (χ3v) is 4.39. The number of aromatic nitrogens is 2. The van der Waals surface area contributed by atoms with Gasteiger partial charge in [-0.25, -0.2) is 9.07 Å². The highest BCUT2D eigenvalue weighted by molar-refractivity contribution is 6.35. The minimum atomic E-state index is -0.697. The van der Waals surface area contributed by atoms with Crippen molar-refractivity contribution in [1.82, 2.24) is 9.78 Å². The number of nitrogens with one attached hydrogen (secondary N) is 1. The molecule has 25 heavy (non-hydrogen) atoms. The predicted molar refractivity (Wildman–Crippen MR) is 97.2 cm³/mol. The van der Waals surface area contributed by atoms with E-state index < -0.39 is 11.7 Å². The van der Waals surface area contributed by atoms with Gasteiger partial charge in [-0.1, -0.05) is 46.9 Å². The fourth-order valence-electron chi connectivity index (χ4n) is 2.27. The number of hydrogen-bond acceptors (Lipinski definition) is 2. The van der Waals surface area contributed by atoms with E-state index in [9.17, 15) is 9.18 Å². The van der Waals surface area contributed by atoms with Crippen LogP contribution in [0.1, 0.15) is 15.9 Å². The Labute approximate surface area is 158 Å². The zero-order valence-corrected chi connectivity index (χ0v) is 14.9. The standard InChI is InChI=1S/C17H11Cl3FN3O/c18-11-5-4-10(13(20)8-11)9-24-15(6-7-22-24)23-17(25)16-12(19)2-1-3-14(16)21/h1-8H,9H2,(H,23,25). The highest BCUT2D eigenvalue weighted by atomic mass is 35.5. The van der Waals surface area contributed by atoms with Crippen LogP contribution >= 0.6 is 34.8 Å². The molecule has 1 N–H and O–H groups in total. The molecule has 0 spiro atoms. The average molecular weight is 399 g/mol. The van der Waals surface area contributed by atoms with Gasteiger partial charge in [0, 0.05) is 16.1 Å². The van der Waals surface area contributed by atoms with E-state index in [0.29, 0.717) is 22.4 Å². The van der Waals surface area contributed by atoms with Gasteiger partial charge in [0.05, 0.1) is 23.3 Å². The molecule has 3 rings (SSSR count). The molecule has 0 saturated heterocycles. The Morgan fingerprint density at radius 3 is 2.64 bits per heavy atom. The molecule has 2 aromatic carbocycles. The fourth-order valence-corrected chi connectivity index (χ4v) is 2.99. The van der Waals surface area contributed by atoms with Crippen LogP contribution in [0.25, 0.3) is 0 Å². The van der Waals surface area contributed by atoms with Crippen molar-refractivity contribution in [2.24, 2.45) is 0 Å². The second-order valence-electron chi connectivity index (χ2n) is 5.16. The lowest BCUT2D eigenvalue weighted by Crippen LogP contribution is -2.18. The van der Waals surface area contributed by atoms with E-state index in [2.05, 4.69) is 10.4 Å².